The Kier molecular flexibility index (Phi) is 2.91. The second kappa shape index (κ2) is 4.37. The third-order valence-corrected chi connectivity index (χ3v) is 2.77. The zero-order chi connectivity index (χ0) is 12.4. The Morgan fingerprint density at radius 3 is 2.53 bits per heavy atom. The number of nitro groups is 1. The second-order valence-corrected chi connectivity index (χ2v) is 4.37. The highest BCUT2D eigenvalue weighted by Gasteiger charge is 2.12. The molecule has 0 saturated carbocycles. The predicted octanol–water partition coefficient (Wildman–Crippen LogP) is 0.308. The van der Waals surface area contributed by atoms with Crippen LogP contribution in [0, 0.1) is 10.1 Å². The molecule has 0 spiro atoms. The molecule has 1 heterocycles. The minimum Gasteiger partial charge on any atom is -0.258 e. The van der Waals surface area contributed by atoms with Gasteiger partial charge in [-0.25, -0.2) is 0 Å². The summed E-state index contributed by atoms with van der Waals surface area (Å²) in [6, 6.07) is 5.65. The van der Waals surface area contributed by atoms with Gasteiger partial charge in [0.1, 0.15) is 0 Å². The number of hydrogen-bond donors (Lipinski definition) is 0. The van der Waals surface area contributed by atoms with E-state index in [-0.39, 0.29) is 10.8 Å². The molecule has 0 aliphatic rings. The first-order valence-electron chi connectivity index (χ1n) is 4.46. The number of non-ortho nitro benzene ring substituents is 1. The maximum Gasteiger partial charge on any atom is 0.269 e. The molecule has 88 valence electrons. The molecule has 17 heavy (non-hydrogen) atoms. The lowest BCUT2D eigenvalue weighted by molar-refractivity contribution is -0.384. The first-order chi connectivity index (χ1) is 8.09. The van der Waals surface area contributed by atoms with Crippen LogP contribution in [-0.4, -0.2) is 35.6 Å². The third kappa shape index (κ3) is 2.18. The van der Waals surface area contributed by atoms with E-state index < -0.39 is 15.7 Å². The summed E-state index contributed by atoms with van der Waals surface area (Å²) in [5.41, 5.74) is 0.492. The molecule has 0 fully saturated rings. The lowest BCUT2D eigenvalue weighted by atomic mass is 10.3. The van der Waals surface area contributed by atoms with Gasteiger partial charge in [0, 0.05) is 18.4 Å². The van der Waals surface area contributed by atoms with Crippen LogP contribution in [0.3, 0.4) is 0 Å². The quantitative estimate of drug-likeness (QED) is 0.576. The molecular formula is C8H7N5O3S. The van der Waals surface area contributed by atoms with Gasteiger partial charge in [-0.05, 0) is 22.6 Å². The topological polar surface area (TPSA) is 104 Å². The van der Waals surface area contributed by atoms with E-state index in [9.17, 15) is 14.3 Å². The number of nitrogens with zero attached hydrogens (tertiary/aromatic N) is 5. The SMILES string of the molecule is C[S@](=O)c1nnnn1-c1ccc([N+](=O)[O-])cc1. The van der Waals surface area contributed by atoms with Crippen molar-refractivity contribution in [2.24, 2.45) is 0 Å². The molecule has 0 saturated heterocycles. The summed E-state index contributed by atoms with van der Waals surface area (Å²) in [6.07, 6.45) is 1.45. The Balaban J connectivity index is 2.43. The number of nitro benzene ring substituents is 1. The number of tetrazole rings is 1. The van der Waals surface area contributed by atoms with Crippen molar-refractivity contribution in [2.45, 2.75) is 5.16 Å². The Bertz CT molecular complexity index is 579. The van der Waals surface area contributed by atoms with Gasteiger partial charge in [-0.3, -0.25) is 14.3 Å². The molecule has 0 aliphatic carbocycles. The van der Waals surface area contributed by atoms with Crippen molar-refractivity contribution >= 4 is 16.5 Å². The molecule has 2 aromatic rings. The molecule has 9 heteroatoms. The fourth-order valence-electron chi connectivity index (χ4n) is 1.24. The molecule has 1 aromatic carbocycles. The van der Waals surface area contributed by atoms with Crippen LogP contribution < -0.4 is 0 Å². The van der Waals surface area contributed by atoms with Crippen LogP contribution in [0.15, 0.2) is 29.4 Å². The summed E-state index contributed by atoms with van der Waals surface area (Å²) in [5.74, 6) is 0. The molecule has 0 N–H and O–H groups in total. The van der Waals surface area contributed by atoms with Gasteiger partial charge in [-0.1, -0.05) is 5.10 Å². The van der Waals surface area contributed by atoms with Crippen LogP contribution in [0.25, 0.3) is 5.69 Å². The molecule has 0 amide bonds. The fraction of sp³-hybridized carbons (Fsp3) is 0.125. The minimum absolute atomic E-state index is 0.0269. The van der Waals surface area contributed by atoms with Gasteiger partial charge in [0.05, 0.1) is 21.4 Å². The van der Waals surface area contributed by atoms with E-state index in [4.69, 9.17) is 0 Å². The van der Waals surface area contributed by atoms with Crippen LogP contribution in [0.4, 0.5) is 5.69 Å². The Hall–Kier alpha value is -2.16. The van der Waals surface area contributed by atoms with Crippen molar-refractivity contribution in [3.05, 3.63) is 34.4 Å². The van der Waals surface area contributed by atoms with Gasteiger partial charge in [-0.15, -0.1) is 0 Å². The van der Waals surface area contributed by atoms with Crippen LogP contribution in [0.5, 0.6) is 0 Å². The van der Waals surface area contributed by atoms with Crippen molar-refractivity contribution in [2.75, 3.05) is 6.26 Å². The van der Waals surface area contributed by atoms with E-state index in [2.05, 4.69) is 15.5 Å². The second-order valence-electron chi connectivity index (χ2n) is 3.10. The Morgan fingerprint density at radius 2 is 2.00 bits per heavy atom. The summed E-state index contributed by atoms with van der Waals surface area (Å²) in [6.45, 7) is 0. The van der Waals surface area contributed by atoms with Gasteiger partial charge < -0.3 is 0 Å². The van der Waals surface area contributed by atoms with Gasteiger partial charge >= 0.3 is 0 Å². The van der Waals surface area contributed by atoms with Crippen molar-refractivity contribution in [1.29, 1.82) is 0 Å². The lowest BCUT2D eigenvalue weighted by Gasteiger charge is -2.01. The highest BCUT2D eigenvalue weighted by Crippen LogP contribution is 2.15. The average Bonchev–Trinajstić information content (AvgIpc) is 2.78. The normalized spacial score (nSPS) is 12.3. The van der Waals surface area contributed by atoms with Gasteiger partial charge in [0.25, 0.3) is 5.69 Å². The summed E-state index contributed by atoms with van der Waals surface area (Å²) < 4.78 is 12.6. The number of hydrogen-bond acceptors (Lipinski definition) is 6. The first kappa shape index (κ1) is 11.3. The monoisotopic (exact) mass is 253 g/mol. The smallest absolute Gasteiger partial charge is 0.258 e. The molecule has 2 rings (SSSR count). The minimum atomic E-state index is -1.33. The van der Waals surface area contributed by atoms with E-state index >= 15 is 0 Å². The van der Waals surface area contributed by atoms with Gasteiger partial charge in [-0.2, -0.15) is 4.68 Å². The molecule has 8 nitrogen and oxygen atoms in total. The molecule has 1 aromatic heterocycles. The summed E-state index contributed by atoms with van der Waals surface area (Å²) in [5, 5.41) is 21.4. The number of rotatable bonds is 3. The van der Waals surface area contributed by atoms with E-state index in [0.29, 0.717) is 5.69 Å². The molecule has 1 atom stereocenters. The maximum atomic E-state index is 11.3. The third-order valence-electron chi connectivity index (χ3n) is 2.00. The van der Waals surface area contributed by atoms with Crippen LogP contribution >= 0.6 is 0 Å². The van der Waals surface area contributed by atoms with E-state index in [0.717, 1.165) is 0 Å². The maximum absolute atomic E-state index is 11.3. The van der Waals surface area contributed by atoms with Gasteiger partial charge in [0.15, 0.2) is 0 Å². The number of aromatic nitrogens is 4. The highest BCUT2D eigenvalue weighted by molar-refractivity contribution is 7.84. The predicted molar refractivity (Wildman–Crippen MR) is 58.1 cm³/mol. The lowest BCUT2D eigenvalue weighted by Crippen LogP contribution is -2.04. The van der Waals surface area contributed by atoms with E-state index in [1.165, 1.54) is 35.2 Å². The Labute approximate surface area is 97.9 Å². The largest absolute Gasteiger partial charge is 0.269 e. The summed E-state index contributed by atoms with van der Waals surface area (Å²) in [7, 11) is -1.33. The first-order valence-corrected chi connectivity index (χ1v) is 6.02. The van der Waals surface area contributed by atoms with Crippen molar-refractivity contribution < 1.29 is 9.13 Å². The molecule has 0 bridgehead atoms. The van der Waals surface area contributed by atoms with Crippen molar-refractivity contribution in [3.8, 4) is 5.69 Å². The fourth-order valence-corrected chi connectivity index (χ4v) is 1.77. The zero-order valence-electron chi connectivity index (χ0n) is 8.68. The zero-order valence-corrected chi connectivity index (χ0v) is 9.49. The van der Waals surface area contributed by atoms with Crippen LogP contribution in [0.1, 0.15) is 0 Å². The number of benzene rings is 1. The van der Waals surface area contributed by atoms with Gasteiger partial charge in [0.2, 0.25) is 5.16 Å². The summed E-state index contributed by atoms with van der Waals surface area (Å²) in [4.78, 5) is 9.99. The summed E-state index contributed by atoms with van der Waals surface area (Å²) >= 11 is 0. The van der Waals surface area contributed by atoms with E-state index in [1.807, 2.05) is 0 Å². The molecule has 0 unspecified atom stereocenters. The van der Waals surface area contributed by atoms with Crippen molar-refractivity contribution in [3.63, 3.8) is 0 Å². The van der Waals surface area contributed by atoms with E-state index in [1.54, 1.807) is 0 Å². The highest BCUT2D eigenvalue weighted by atomic mass is 32.2. The molecule has 0 aliphatic heterocycles. The Morgan fingerprint density at radius 1 is 1.35 bits per heavy atom. The standard InChI is InChI=1S/C8H7N5O3S/c1-17(16)8-9-10-11-12(8)6-2-4-7(5-3-6)13(14)15/h2-5H,1H3/t17-/m0/s1. The molecule has 0 radical (unpaired) electrons. The van der Waals surface area contributed by atoms with Crippen LogP contribution in [-0.2, 0) is 10.8 Å². The average molecular weight is 253 g/mol. The van der Waals surface area contributed by atoms with Crippen LogP contribution in [0.2, 0.25) is 0 Å². The van der Waals surface area contributed by atoms with Crippen molar-refractivity contribution in [1.82, 2.24) is 20.2 Å². The molecular weight excluding hydrogens is 246 g/mol.